The van der Waals surface area contributed by atoms with Crippen LogP contribution in [0.1, 0.15) is 24.5 Å². The first-order valence-corrected chi connectivity index (χ1v) is 13.2. The van der Waals surface area contributed by atoms with Gasteiger partial charge in [-0.15, -0.1) is 0 Å². The van der Waals surface area contributed by atoms with Crippen LogP contribution in [-0.4, -0.2) is 58.4 Å². The number of aromatic hydroxyl groups is 1. The molecule has 2 aromatic heterocycles. The first-order chi connectivity index (χ1) is 19.1. The van der Waals surface area contributed by atoms with Crippen molar-refractivity contribution >= 4 is 56.6 Å². The Morgan fingerprint density at radius 2 is 1.82 bits per heavy atom. The second-order valence-electron chi connectivity index (χ2n) is 9.95. The molecule has 2 heterocycles. The predicted molar refractivity (Wildman–Crippen MR) is 159 cm³/mol. The highest BCUT2D eigenvalue weighted by molar-refractivity contribution is 6.31. The molecule has 0 unspecified atom stereocenters. The van der Waals surface area contributed by atoms with E-state index in [1.807, 2.05) is 50.5 Å². The lowest BCUT2D eigenvalue weighted by molar-refractivity contribution is -0.116. The van der Waals surface area contributed by atoms with Crippen LogP contribution in [0.5, 0.6) is 5.88 Å². The third-order valence-corrected chi connectivity index (χ3v) is 7.05. The van der Waals surface area contributed by atoms with Gasteiger partial charge in [-0.1, -0.05) is 23.7 Å². The van der Waals surface area contributed by atoms with E-state index in [0.717, 1.165) is 24.0 Å². The van der Waals surface area contributed by atoms with Crippen molar-refractivity contribution in [2.24, 2.45) is 12.0 Å². The number of hydrogen-bond donors (Lipinski definition) is 2. The molecule has 0 bridgehead atoms. The van der Waals surface area contributed by atoms with Gasteiger partial charge >= 0.3 is 5.76 Å². The number of nitrogens with zero attached hydrogens (tertiary/aromatic N) is 4. The number of benzene rings is 3. The Labute approximate surface area is 235 Å². The van der Waals surface area contributed by atoms with Crippen LogP contribution in [0.25, 0.3) is 22.0 Å². The number of oxazole rings is 1. The molecule has 206 valence electrons. The fraction of sp³-hybridized carbons (Fsp3) is 0.233. The Bertz CT molecular complexity index is 1800. The number of carbonyl (C=O) groups is 1. The van der Waals surface area contributed by atoms with Crippen LogP contribution < -0.4 is 10.7 Å². The summed E-state index contributed by atoms with van der Waals surface area (Å²) in [5, 5.41) is 12.3. The number of aryl methyl sites for hydroxylation is 1. The maximum absolute atomic E-state index is 12.4. The second-order valence-corrected chi connectivity index (χ2v) is 10.4. The minimum atomic E-state index is -0.466. The van der Waals surface area contributed by atoms with Gasteiger partial charge in [0.25, 0.3) is 0 Å². The summed E-state index contributed by atoms with van der Waals surface area (Å²) in [4.78, 5) is 36.2. The number of nitrogens with one attached hydrogen (secondary N) is 1. The van der Waals surface area contributed by atoms with E-state index >= 15 is 0 Å². The molecule has 3 aromatic carbocycles. The van der Waals surface area contributed by atoms with Crippen LogP contribution in [0.4, 0.5) is 11.4 Å². The van der Waals surface area contributed by atoms with E-state index in [1.165, 1.54) is 4.57 Å². The summed E-state index contributed by atoms with van der Waals surface area (Å²) in [5.41, 5.74) is 4.72. The number of H-pyrrole nitrogens is 1. The molecule has 0 spiro atoms. The number of aromatic amines is 1. The summed E-state index contributed by atoms with van der Waals surface area (Å²) in [7, 11) is 5.65. The number of amides is 1. The second kappa shape index (κ2) is 11.0. The van der Waals surface area contributed by atoms with Gasteiger partial charge in [-0.25, -0.2) is 9.79 Å². The zero-order valence-electron chi connectivity index (χ0n) is 22.7. The molecule has 10 heteroatoms. The molecular weight excluding hydrogens is 530 g/mol. The van der Waals surface area contributed by atoms with Crippen LogP contribution in [0.2, 0.25) is 5.02 Å². The summed E-state index contributed by atoms with van der Waals surface area (Å²) in [6.45, 7) is 3.04. The van der Waals surface area contributed by atoms with E-state index in [9.17, 15) is 14.7 Å². The normalized spacial score (nSPS) is 12.1. The number of rotatable bonds is 8. The number of halogens is 1. The Kier molecular flexibility index (Phi) is 7.51. The van der Waals surface area contributed by atoms with Gasteiger partial charge in [0.2, 0.25) is 5.91 Å². The highest BCUT2D eigenvalue weighted by Crippen LogP contribution is 2.34. The topological polar surface area (TPSA) is 107 Å². The first-order valence-electron chi connectivity index (χ1n) is 12.8. The van der Waals surface area contributed by atoms with E-state index in [0.29, 0.717) is 50.7 Å². The number of aromatic nitrogens is 2. The maximum Gasteiger partial charge on any atom is 0.419 e. The van der Waals surface area contributed by atoms with E-state index < -0.39 is 5.76 Å². The maximum atomic E-state index is 12.4. The molecule has 0 radical (unpaired) electrons. The van der Waals surface area contributed by atoms with Crippen LogP contribution in [0, 0.1) is 0 Å². The van der Waals surface area contributed by atoms with Gasteiger partial charge in [0.1, 0.15) is 0 Å². The van der Waals surface area contributed by atoms with E-state index in [-0.39, 0.29) is 11.8 Å². The standard InChI is InChI=1S/C30H30ClN5O4/c1-18(37)36(15-5-14-34(2)3)22-10-8-21(9-11-22)32-28(19-6-13-25-26(16-19)40-30(39)35(25)4)27-23-12-7-20(31)17-24(23)33-29(27)38/h6-13,16-17,33,38H,5,14-15H2,1-4H3. The Morgan fingerprint density at radius 3 is 2.52 bits per heavy atom. The average Bonchev–Trinajstić information content (AvgIpc) is 3.38. The number of anilines is 1. The molecule has 5 aromatic rings. The highest BCUT2D eigenvalue weighted by atomic mass is 35.5. The molecule has 9 nitrogen and oxygen atoms in total. The monoisotopic (exact) mass is 559 g/mol. The molecule has 0 aliphatic heterocycles. The van der Waals surface area contributed by atoms with Crippen molar-refractivity contribution in [3.63, 3.8) is 0 Å². The Balaban J connectivity index is 1.60. The number of aliphatic imine (C=N–C) groups is 1. The largest absolute Gasteiger partial charge is 0.494 e. The van der Waals surface area contributed by atoms with Crippen molar-refractivity contribution in [3.8, 4) is 5.88 Å². The van der Waals surface area contributed by atoms with Gasteiger partial charge < -0.3 is 24.3 Å². The molecule has 0 aliphatic carbocycles. The molecule has 5 rings (SSSR count). The molecule has 0 saturated heterocycles. The van der Waals surface area contributed by atoms with Gasteiger partial charge in [0, 0.05) is 42.2 Å². The van der Waals surface area contributed by atoms with Crippen LogP contribution in [0.3, 0.4) is 0 Å². The summed E-state index contributed by atoms with van der Waals surface area (Å²) in [6, 6.07) is 18.1. The SMILES string of the molecule is CC(=O)N(CCCN(C)C)c1ccc(N=C(c2ccc3c(c2)oc(=O)n3C)c2c(O)[nH]c3cc(Cl)ccc23)cc1. The van der Waals surface area contributed by atoms with Crippen molar-refractivity contribution in [2.75, 3.05) is 32.1 Å². The third kappa shape index (κ3) is 5.38. The fourth-order valence-corrected chi connectivity index (χ4v) is 4.96. The number of fused-ring (bicyclic) bond motifs is 2. The lowest BCUT2D eigenvalue weighted by atomic mass is 10.0. The zero-order valence-corrected chi connectivity index (χ0v) is 23.5. The molecule has 40 heavy (non-hydrogen) atoms. The number of carbonyl (C=O) groups excluding carboxylic acids is 1. The van der Waals surface area contributed by atoms with Gasteiger partial charge in [-0.3, -0.25) is 9.36 Å². The molecule has 2 N–H and O–H groups in total. The van der Waals surface area contributed by atoms with Crippen molar-refractivity contribution in [2.45, 2.75) is 13.3 Å². The van der Waals surface area contributed by atoms with Gasteiger partial charge in [0.15, 0.2) is 11.5 Å². The van der Waals surface area contributed by atoms with Crippen molar-refractivity contribution in [3.05, 3.63) is 87.4 Å². The lowest BCUT2D eigenvalue weighted by Crippen LogP contribution is -2.31. The van der Waals surface area contributed by atoms with Crippen LogP contribution in [0.15, 0.2) is 74.9 Å². The fourth-order valence-electron chi connectivity index (χ4n) is 4.79. The van der Waals surface area contributed by atoms with Gasteiger partial charge in [-0.2, -0.15) is 0 Å². The van der Waals surface area contributed by atoms with E-state index in [2.05, 4.69) is 9.88 Å². The van der Waals surface area contributed by atoms with Crippen LogP contribution in [-0.2, 0) is 11.8 Å². The number of hydrogen-bond acceptors (Lipinski definition) is 6. The van der Waals surface area contributed by atoms with Crippen molar-refractivity contribution < 1.29 is 14.3 Å². The molecular formula is C30H30ClN5O4. The summed E-state index contributed by atoms with van der Waals surface area (Å²) >= 11 is 6.19. The summed E-state index contributed by atoms with van der Waals surface area (Å²) in [6.07, 6.45) is 0.846. The summed E-state index contributed by atoms with van der Waals surface area (Å²) < 4.78 is 6.86. The van der Waals surface area contributed by atoms with E-state index in [4.69, 9.17) is 21.0 Å². The van der Waals surface area contributed by atoms with Gasteiger partial charge in [0.05, 0.1) is 28.0 Å². The van der Waals surface area contributed by atoms with Crippen LogP contribution >= 0.6 is 11.6 Å². The average molecular weight is 560 g/mol. The third-order valence-electron chi connectivity index (χ3n) is 6.81. The molecule has 0 atom stereocenters. The highest BCUT2D eigenvalue weighted by Gasteiger charge is 2.21. The minimum Gasteiger partial charge on any atom is -0.494 e. The quantitative estimate of drug-likeness (QED) is 0.246. The molecule has 1 amide bonds. The smallest absolute Gasteiger partial charge is 0.419 e. The van der Waals surface area contributed by atoms with Crippen molar-refractivity contribution in [1.82, 2.24) is 14.5 Å². The first kappa shape index (κ1) is 27.2. The van der Waals surface area contributed by atoms with Gasteiger partial charge in [-0.05, 0) is 75.6 Å². The molecule has 0 aliphatic rings. The predicted octanol–water partition coefficient (Wildman–Crippen LogP) is 5.45. The summed E-state index contributed by atoms with van der Waals surface area (Å²) in [5.74, 6) is -0.562. The van der Waals surface area contributed by atoms with E-state index in [1.54, 1.807) is 43.1 Å². The Hall–Kier alpha value is -4.34. The molecule has 0 saturated carbocycles. The zero-order chi connectivity index (χ0) is 28.6. The molecule has 0 fully saturated rings. The Morgan fingerprint density at radius 1 is 1.07 bits per heavy atom. The minimum absolute atomic E-state index is 0.0317. The van der Waals surface area contributed by atoms with Crippen molar-refractivity contribution in [1.29, 1.82) is 0 Å². The lowest BCUT2D eigenvalue weighted by Gasteiger charge is -2.22.